The number of anilines is 1. The van der Waals surface area contributed by atoms with E-state index in [1.54, 1.807) is 24.4 Å². The molecule has 5 rings (SSSR count). The smallest absolute Gasteiger partial charge is 0.306 e. The summed E-state index contributed by atoms with van der Waals surface area (Å²) >= 11 is 0. The summed E-state index contributed by atoms with van der Waals surface area (Å²) in [6.45, 7) is 0.211. The van der Waals surface area contributed by atoms with Crippen LogP contribution in [0.3, 0.4) is 0 Å². The molecule has 1 aromatic heterocycles. The maximum absolute atomic E-state index is 13.2. The van der Waals surface area contributed by atoms with Crippen LogP contribution in [0.2, 0.25) is 0 Å². The number of urea groups is 1. The van der Waals surface area contributed by atoms with Crippen LogP contribution in [0.5, 0.6) is 0 Å². The maximum atomic E-state index is 13.2. The second-order valence-corrected chi connectivity index (χ2v) is 9.18. The van der Waals surface area contributed by atoms with E-state index in [0.717, 1.165) is 11.2 Å². The quantitative estimate of drug-likeness (QED) is 0.688. The van der Waals surface area contributed by atoms with E-state index in [2.05, 4.69) is 11.1 Å². The van der Waals surface area contributed by atoms with Gasteiger partial charge in [-0.1, -0.05) is 0 Å². The van der Waals surface area contributed by atoms with Crippen LogP contribution in [-0.4, -0.2) is 65.5 Å². The lowest BCUT2D eigenvalue weighted by Crippen LogP contribution is -2.54. The first kappa shape index (κ1) is 17.1. The number of hydrogen-bond donors (Lipinski definition) is 0. The summed E-state index contributed by atoms with van der Waals surface area (Å²) in [5, 5.41) is 9.83. The van der Waals surface area contributed by atoms with Crippen LogP contribution >= 0.6 is 0 Å². The van der Waals surface area contributed by atoms with Crippen LogP contribution in [0.15, 0.2) is 30.5 Å². The van der Waals surface area contributed by atoms with Gasteiger partial charge in [0.15, 0.2) is 0 Å². The molecule has 142 valence electrons. The van der Waals surface area contributed by atoms with E-state index >= 15 is 0 Å². The number of carbonyl (C=O) groups excluding carboxylic acids is 2. The summed E-state index contributed by atoms with van der Waals surface area (Å²) < 4.78 is 25.4. The zero-order chi connectivity index (χ0) is 19.8. The van der Waals surface area contributed by atoms with Gasteiger partial charge >= 0.3 is 6.03 Å². The highest BCUT2D eigenvalue weighted by molar-refractivity contribution is 7.88. The lowest BCUT2D eigenvalue weighted by molar-refractivity contribution is -0.120. The Kier molecular flexibility index (Phi) is 3.36. The predicted octanol–water partition coefficient (Wildman–Crippen LogP) is 0.660. The molecular formula is C18H15N5O4S. The molecule has 0 aliphatic carbocycles. The highest BCUT2D eigenvalue weighted by Crippen LogP contribution is 2.44. The second kappa shape index (κ2) is 5.50. The number of nitrogens with zero attached hydrogens (tertiary/aromatic N) is 5. The third-order valence-corrected chi connectivity index (χ3v) is 7.02. The molecule has 28 heavy (non-hydrogen) atoms. The number of rotatable bonds is 2. The summed E-state index contributed by atoms with van der Waals surface area (Å²) in [5.41, 5.74) is 1.12. The maximum Gasteiger partial charge on any atom is 0.332 e. The fourth-order valence-electron chi connectivity index (χ4n) is 4.66. The zero-order valence-electron chi connectivity index (χ0n) is 14.8. The molecule has 2 aromatic rings. The summed E-state index contributed by atoms with van der Waals surface area (Å²) in [5.74, 6) is -0.444. The number of benzene rings is 1. The number of sulfonamides is 1. The van der Waals surface area contributed by atoms with Gasteiger partial charge in [-0.05, 0) is 30.7 Å². The van der Waals surface area contributed by atoms with E-state index < -0.39 is 34.0 Å². The molecule has 3 aliphatic rings. The van der Waals surface area contributed by atoms with Crippen molar-refractivity contribution in [3.05, 3.63) is 36.0 Å². The molecule has 0 radical (unpaired) electrons. The number of aromatic nitrogens is 1. The van der Waals surface area contributed by atoms with Gasteiger partial charge in [-0.25, -0.2) is 18.1 Å². The van der Waals surface area contributed by atoms with Crippen LogP contribution in [0.4, 0.5) is 10.5 Å². The van der Waals surface area contributed by atoms with E-state index in [-0.39, 0.29) is 12.6 Å². The number of piperazine rings is 1. The Balaban J connectivity index is 1.62. The Morgan fingerprint density at radius 3 is 2.75 bits per heavy atom. The number of fused-ring (bicyclic) bond motifs is 6. The fraction of sp³-hybridized carbons (Fsp3) is 0.333. The minimum Gasteiger partial charge on any atom is -0.306 e. The van der Waals surface area contributed by atoms with Gasteiger partial charge in [-0.2, -0.15) is 9.57 Å². The first-order valence-electron chi connectivity index (χ1n) is 8.74. The molecule has 9 nitrogen and oxygen atoms in total. The first-order valence-corrected chi connectivity index (χ1v) is 10.6. The molecule has 0 saturated carbocycles. The Morgan fingerprint density at radius 2 is 2.04 bits per heavy atom. The molecule has 4 heterocycles. The average Bonchev–Trinajstić information content (AvgIpc) is 3.33. The highest BCUT2D eigenvalue weighted by Gasteiger charge is 2.63. The molecule has 10 heteroatoms. The topological polar surface area (TPSA) is 115 Å². The number of hydrogen-bond acceptors (Lipinski definition) is 6. The molecule has 2 bridgehead atoms. The van der Waals surface area contributed by atoms with Crippen molar-refractivity contribution in [2.24, 2.45) is 0 Å². The van der Waals surface area contributed by atoms with Crippen LogP contribution in [-0.2, 0) is 14.8 Å². The van der Waals surface area contributed by atoms with Crippen LogP contribution in [0, 0.1) is 11.3 Å². The Labute approximate surface area is 160 Å². The van der Waals surface area contributed by atoms with Crippen LogP contribution in [0.25, 0.3) is 10.9 Å². The molecule has 3 aliphatic heterocycles. The van der Waals surface area contributed by atoms with Crippen LogP contribution in [0.1, 0.15) is 12.0 Å². The molecule has 0 N–H and O–H groups in total. The standard InChI is InChI=1S/C18H15N5O4S/c1-28(26,27)21-9-11-7-14(21)16-17(24)23(18(25)22(11)16)13-5-4-10(8-19)15-12(13)3-2-6-20-15/h2-6,11,14,16H,7,9H2,1H3/t11?,14?,16-/m1/s1. The normalized spacial score (nSPS) is 26.9. The van der Waals surface area contributed by atoms with Gasteiger partial charge in [0.05, 0.1) is 29.1 Å². The fourth-order valence-corrected chi connectivity index (χ4v) is 5.80. The average molecular weight is 397 g/mol. The molecule has 2 unspecified atom stereocenters. The van der Waals surface area contributed by atoms with Gasteiger partial charge in [0, 0.05) is 24.2 Å². The van der Waals surface area contributed by atoms with Gasteiger partial charge in [0.2, 0.25) is 10.0 Å². The monoisotopic (exact) mass is 397 g/mol. The van der Waals surface area contributed by atoms with Gasteiger partial charge in [0.1, 0.15) is 12.1 Å². The van der Waals surface area contributed by atoms with Crippen molar-refractivity contribution in [2.75, 3.05) is 17.7 Å². The summed E-state index contributed by atoms with van der Waals surface area (Å²) in [7, 11) is -3.46. The Bertz CT molecular complexity index is 1200. The lowest BCUT2D eigenvalue weighted by atomic mass is 10.1. The Morgan fingerprint density at radius 1 is 1.25 bits per heavy atom. The van der Waals surface area contributed by atoms with Gasteiger partial charge in [0.25, 0.3) is 5.91 Å². The summed E-state index contributed by atoms with van der Waals surface area (Å²) in [6.07, 6.45) is 3.14. The van der Waals surface area contributed by atoms with Crippen molar-refractivity contribution in [2.45, 2.75) is 24.5 Å². The summed E-state index contributed by atoms with van der Waals surface area (Å²) in [4.78, 5) is 33.2. The second-order valence-electron chi connectivity index (χ2n) is 7.24. The number of nitriles is 1. The zero-order valence-corrected chi connectivity index (χ0v) is 15.6. The van der Waals surface area contributed by atoms with E-state index in [1.165, 1.54) is 15.3 Å². The minimum atomic E-state index is -3.46. The molecular weight excluding hydrogens is 382 g/mol. The van der Waals surface area contributed by atoms with E-state index in [4.69, 9.17) is 0 Å². The summed E-state index contributed by atoms with van der Waals surface area (Å²) in [6, 6.07) is 6.43. The third-order valence-electron chi connectivity index (χ3n) is 5.75. The molecule has 0 spiro atoms. The number of pyridine rings is 1. The third kappa shape index (κ3) is 2.08. The van der Waals surface area contributed by atoms with Crippen molar-refractivity contribution < 1.29 is 18.0 Å². The SMILES string of the molecule is CS(=O)(=O)N1CC2CC1[C@@H]1C(=O)N(c3ccc(C#N)c4ncccc34)C(=O)N21. The number of amides is 3. The van der Waals surface area contributed by atoms with E-state index in [1.807, 2.05) is 0 Å². The van der Waals surface area contributed by atoms with Gasteiger partial charge in [-0.3, -0.25) is 9.78 Å². The van der Waals surface area contributed by atoms with E-state index in [9.17, 15) is 23.3 Å². The molecule has 3 fully saturated rings. The molecule has 3 atom stereocenters. The van der Waals surface area contributed by atoms with Gasteiger partial charge in [-0.15, -0.1) is 0 Å². The number of carbonyl (C=O) groups is 2. The largest absolute Gasteiger partial charge is 0.332 e. The van der Waals surface area contributed by atoms with Crippen molar-refractivity contribution in [3.8, 4) is 6.07 Å². The minimum absolute atomic E-state index is 0.211. The first-order chi connectivity index (χ1) is 13.3. The van der Waals surface area contributed by atoms with Crippen LogP contribution < -0.4 is 4.90 Å². The molecule has 3 saturated heterocycles. The Hall–Kier alpha value is -3.03. The molecule has 1 aromatic carbocycles. The lowest BCUT2D eigenvalue weighted by Gasteiger charge is -2.33. The van der Waals surface area contributed by atoms with E-state index in [0.29, 0.717) is 28.6 Å². The van der Waals surface area contributed by atoms with Gasteiger partial charge < -0.3 is 4.90 Å². The van der Waals surface area contributed by atoms with Crippen molar-refractivity contribution in [1.29, 1.82) is 5.26 Å². The van der Waals surface area contributed by atoms with Crippen molar-refractivity contribution >= 4 is 38.6 Å². The number of imide groups is 1. The van der Waals surface area contributed by atoms with Crippen molar-refractivity contribution in [3.63, 3.8) is 0 Å². The predicted molar refractivity (Wildman–Crippen MR) is 98.7 cm³/mol. The van der Waals surface area contributed by atoms with Crippen molar-refractivity contribution in [1.82, 2.24) is 14.2 Å². The highest BCUT2D eigenvalue weighted by atomic mass is 32.2. The molecule has 3 amide bonds.